The first-order valence-corrected chi connectivity index (χ1v) is 5.36. The van der Waals surface area contributed by atoms with Crippen LogP contribution in [0.5, 0.6) is 0 Å². The van der Waals surface area contributed by atoms with Crippen molar-refractivity contribution < 1.29 is 9.59 Å². The van der Waals surface area contributed by atoms with Gasteiger partial charge in [-0.05, 0) is 18.6 Å². The van der Waals surface area contributed by atoms with E-state index in [1.165, 1.54) is 6.92 Å². The van der Waals surface area contributed by atoms with Gasteiger partial charge in [-0.15, -0.1) is 0 Å². The highest BCUT2D eigenvalue weighted by atomic mass is 16.1. The standard InChI is InChI=1S/C13H15NO2/c1-8(15)9-5-4-6-10-12(9)14-11(16)7-13(10,2)3/h4-6H,7H2,1-3H3,(H,14,16). The van der Waals surface area contributed by atoms with Gasteiger partial charge in [0.25, 0.3) is 0 Å². The van der Waals surface area contributed by atoms with Crippen molar-refractivity contribution in [2.75, 3.05) is 5.32 Å². The van der Waals surface area contributed by atoms with E-state index in [9.17, 15) is 9.59 Å². The van der Waals surface area contributed by atoms with Crippen LogP contribution in [0.1, 0.15) is 43.1 Å². The lowest BCUT2D eigenvalue weighted by atomic mass is 9.77. The lowest BCUT2D eigenvalue weighted by molar-refractivity contribution is -0.117. The van der Waals surface area contributed by atoms with E-state index >= 15 is 0 Å². The fraction of sp³-hybridized carbons (Fsp3) is 0.385. The van der Waals surface area contributed by atoms with Gasteiger partial charge in [-0.1, -0.05) is 26.0 Å². The number of ketones is 1. The minimum Gasteiger partial charge on any atom is -0.325 e. The van der Waals surface area contributed by atoms with Gasteiger partial charge in [0.05, 0.1) is 5.69 Å². The van der Waals surface area contributed by atoms with Crippen molar-refractivity contribution in [2.45, 2.75) is 32.6 Å². The molecule has 0 saturated heterocycles. The predicted octanol–water partition coefficient (Wildman–Crippen LogP) is 2.51. The Morgan fingerprint density at radius 1 is 1.38 bits per heavy atom. The number of para-hydroxylation sites is 1. The maximum absolute atomic E-state index is 11.6. The number of hydrogen-bond acceptors (Lipinski definition) is 2. The van der Waals surface area contributed by atoms with Crippen LogP contribution in [0.4, 0.5) is 5.69 Å². The van der Waals surface area contributed by atoms with Crippen molar-refractivity contribution >= 4 is 17.4 Å². The van der Waals surface area contributed by atoms with Crippen LogP contribution in [0, 0.1) is 0 Å². The minimum absolute atomic E-state index is 0.0187. The molecular weight excluding hydrogens is 202 g/mol. The molecule has 16 heavy (non-hydrogen) atoms. The number of fused-ring (bicyclic) bond motifs is 1. The Labute approximate surface area is 94.9 Å². The number of amides is 1. The second-order valence-electron chi connectivity index (χ2n) is 4.89. The second kappa shape index (κ2) is 3.44. The summed E-state index contributed by atoms with van der Waals surface area (Å²) in [6.45, 7) is 5.56. The fourth-order valence-corrected chi connectivity index (χ4v) is 2.22. The van der Waals surface area contributed by atoms with Gasteiger partial charge in [-0.3, -0.25) is 9.59 Å². The number of Topliss-reactive ketones (excluding diaryl/α,β-unsaturated/α-hetero) is 1. The smallest absolute Gasteiger partial charge is 0.225 e. The van der Waals surface area contributed by atoms with Gasteiger partial charge in [0.2, 0.25) is 5.91 Å². The van der Waals surface area contributed by atoms with E-state index in [1.807, 2.05) is 26.0 Å². The predicted molar refractivity (Wildman–Crippen MR) is 62.7 cm³/mol. The average Bonchev–Trinajstić information content (AvgIpc) is 2.15. The molecule has 1 N–H and O–H groups in total. The van der Waals surface area contributed by atoms with E-state index in [0.717, 1.165) is 5.56 Å². The lowest BCUT2D eigenvalue weighted by Crippen LogP contribution is -2.33. The van der Waals surface area contributed by atoms with Gasteiger partial charge in [-0.2, -0.15) is 0 Å². The number of benzene rings is 1. The summed E-state index contributed by atoms with van der Waals surface area (Å²) in [6, 6.07) is 5.60. The summed E-state index contributed by atoms with van der Waals surface area (Å²) in [6.07, 6.45) is 0.460. The van der Waals surface area contributed by atoms with Gasteiger partial charge in [0, 0.05) is 17.4 Å². The van der Waals surface area contributed by atoms with E-state index in [2.05, 4.69) is 5.32 Å². The molecule has 3 nitrogen and oxygen atoms in total. The molecule has 1 aliphatic rings. The number of anilines is 1. The molecule has 0 bridgehead atoms. The molecule has 84 valence electrons. The van der Waals surface area contributed by atoms with E-state index < -0.39 is 0 Å². The molecule has 1 amide bonds. The molecule has 0 aliphatic carbocycles. The molecule has 1 aromatic rings. The topological polar surface area (TPSA) is 46.2 Å². The monoisotopic (exact) mass is 217 g/mol. The third-order valence-corrected chi connectivity index (χ3v) is 3.04. The van der Waals surface area contributed by atoms with E-state index in [-0.39, 0.29) is 17.1 Å². The van der Waals surface area contributed by atoms with Crippen molar-refractivity contribution in [2.24, 2.45) is 0 Å². The summed E-state index contributed by atoms with van der Waals surface area (Å²) < 4.78 is 0. The number of carbonyl (C=O) groups is 2. The summed E-state index contributed by atoms with van der Waals surface area (Å²) in [5.41, 5.74) is 2.12. The molecule has 0 saturated carbocycles. The zero-order valence-electron chi connectivity index (χ0n) is 9.76. The van der Waals surface area contributed by atoms with Crippen molar-refractivity contribution in [3.63, 3.8) is 0 Å². The van der Waals surface area contributed by atoms with Crippen molar-refractivity contribution in [1.82, 2.24) is 0 Å². The summed E-state index contributed by atoms with van der Waals surface area (Å²) in [4.78, 5) is 23.1. The van der Waals surface area contributed by atoms with Gasteiger partial charge < -0.3 is 5.32 Å². The SMILES string of the molecule is CC(=O)c1cccc2c1NC(=O)CC2(C)C. The molecular formula is C13H15NO2. The summed E-state index contributed by atoms with van der Waals surface area (Å²) in [5, 5.41) is 2.81. The molecule has 0 fully saturated rings. The number of rotatable bonds is 1. The quantitative estimate of drug-likeness (QED) is 0.735. The zero-order chi connectivity index (χ0) is 11.9. The zero-order valence-corrected chi connectivity index (χ0v) is 9.76. The molecule has 0 spiro atoms. The molecule has 1 aliphatic heterocycles. The minimum atomic E-state index is -0.205. The summed E-state index contributed by atoms with van der Waals surface area (Å²) in [7, 11) is 0. The summed E-state index contributed by atoms with van der Waals surface area (Å²) in [5.74, 6) is -0.0407. The largest absolute Gasteiger partial charge is 0.325 e. The van der Waals surface area contributed by atoms with Crippen molar-refractivity contribution in [1.29, 1.82) is 0 Å². The number of nitrogens with one attached hydrogen (secondary N) is 1. The molecule has 0 unspecified atom stereocenters. The van der Waals surface area contributed by atoms with Gasteiger partial charge in [0.15, 0.2) is 5.78 Å². The van der Waals surface area contributed by atoms with Crippen LogP contribution < -0.4 is 5.32 Å². The lowest BCUT2D eigenvalue weighted by Gasteiger charge is -2.32. The molecule has 3 heteroatoms. The van der Waals surface area contributed by atoms with E-state index in [1.54, 1.807) is 6.07 Å². The molecule has 1 heterocycles. The Kier molecular flexibility index (Phi) is 2.34. The Morgan fingerprint density at radius 2 is 2.06 bits per heavy atom. The molecule has 0 atom stereocenters. The van der Waals surface area contributed by atoms with Crippen LogP contribution in [0.15, 0.2) is 18.2 Å². The molecule has 2 rings (SSSR count). The van der Waals surface area contributed by atoms with Crippen LogP contribution in [0.2, 0.25) is 0 Å². The van der Waals surface area contributed by atoms with Gasteiger partial charge in [0.1, 0.15) is 0 Å². The van der Waals surface area contributed by atoms with E-state index in [0.29, 0.717) is 17.7 Å². The van der Waals surface area contributed by atoms with Crippen LogP contribution >= 0.6 is 0 Å². The Morgan fingerprint density at radius 3 is 2.69 bits per heavy atom. The first-order valence-electron chi connectivity index (χ1n) is 5.36. The third kappa shape index (κ3) is 1.62. The Bertz CT molecular complexity index is 475. The highest BCUT2D eigenvalue weighted by Crippen LogP contribution is 2.38. The maximum Gasteiger partial charge on any atom is 0.225 e. The summed E-state index contributed by atoms with van der Waals surface area (Å²) >= 11 is 0. The van der Waals surface area contributed by atoms with Crippen LogP contribution in [-0.4, -0.2) is 11.7 Å². The number of hydrogen-bond donors (Lipinski definition) is 1. The maximum atomic E-state index is 11.6. The molecule has 1 aromatic carbocycles. The van der Waals surface area contributed by atoms with Crippen LogP contribution in [-0.2, 0) is 10.2 Å². The van der Waals surface area contributed by atoms with E-state index in [4.69, 9.17) is 0 Å². The van der Waals surface area contributed by atoms with Crippen molar-refractivity contribution in [3.05, 3.63) is 29.3 Å². The average molecular weight is 217 g/mol. The molecule has 0 radical (unpaired) electrons. The normalized spacial score (nSPS) is 17.6. The highest BCUT2D eigenvalue weighted by Gasteiger charge is 2.33. The van der Waals surface area contributed by atoms with Crippen LogP contribution in [0.3, 0.4) is 0 Å². The first-order chi connectivity index (χ1) is 7.42. The fourth-order valence-electron chi connectivity index (χ4n) is 2.22. The van der Waals surface area contributed by atoms with Gasteiger partial charge >= 0.3 is 0 Å². The van der Waals surface area contributed by atoms with Crippen LogP contribution in [0.25, 0.3) is 0 Å². The molecule has 0 aromatic heterocycles. The Hall–Kier alpha value is -1.64. The Balaban J connectivity index is 2.66. The number of carbonyl (C=O) groups excluding carboxylic acids is 2. The highest BCUT2D eigenvalue weighted by molar-refractivity contribution is 6.06. The first kappa shape index (κ1) is 10.9. The van der Waals surface area contributed by atoms with Gasteiger partial charge in [-0.25, -0.2) is 0 Å². The van der Waals surface area contributed by atoms with Crippen molar-refractivity contribution in [3.8, 4) is 0 Å². The third-order valence-electron chi connectivity index (χ3n) is 3.04. The second-order valence-corrected chi connectivity index (χ2v) is 4.89.